The van der Waals surface area contributed by atoms with Crippen molar-refractivity contribution in [2.75, 3.05) is 61.6 Å². The molecule has 24 heavy (non-hydrogen) atoms. The van der Waals surface area contributed by atoms with E-state index >= 15 is 0 Å². The molecule has 0 saturated carbocycles. The van der Waals surface area contributed by atoms with E-state index in [0.29, 0.717) is 24.5 Å². The number of nitrogens with zero attached hydrogens (tertiary/aromatic N) is 2. The summed E-state index contributed by atoms with van der Waals surface area (Å²) < 4.78 is 19.9. The molecule has 1 saturated heterocycles. The Kier molecular flexibility index (Phi) is 7.81. The standard InChI is InChI=1S/C17H26FN3O2S/c1-19-11-15(23-2)12-21(13-22)14-4-5-17(16(18)10-14)20-6-3-8-24-9-7-20/h4-5,10,13,15,19H,3,6-9,11-12H2,1-2H3. The minimum atomic E-state index is -0.283. The third kappa shape index (κ3) is 5.09. The Morgan fingerprint density at radius 1 is 1.46 bits per heavy atom. The highest BCUT2D eigenvalue weighted by Crippen LogP contribution is 2.26. The maximum Gasteiger partial charge on any atom is 0.214 e. The third-order valence-corrected chi connectivity index (χ3v) is 5.17. The van der Waals surface area contributed by atoms with Crippen LogP contribution in [0.4, 0.5) is 15.8 Å². The molecular formula is C17H26FN3O2S. The van der Waals surface area contributed by atoms with E-state index in [-0.39, 0.29) is 11.9 Å². The monoisotopic (exact) mass is 355 g/mol. The van der Waals surface area contributed by atoms with Gasteiger partial charge in [0.2, 0.25) is 6.41 Å². The second-order valence-corrected chi connectivity index (χ2v) is 6.99. The number of hydrogen-bond donors (Lipinski definition) is 1. The summed E-state index contributed by atoms with van der Waals surface area (Å²) in [6.45, 7) is 2.72. The molecular weight excluding hydrogens is 329 g/mol. The van der Waals surface area contributed by atoms with E-state index in [2.05, 4.69) is 10.2 Å². The second kappa shape index (κ2) is 9.86. The Morgan fingerprint density at radius 3 is 2.96 bits per heavy atom. The van der Waals surface area contributed by atoms with Crippen molar-refractivity contribution in [1.82, 2.24) is 5.32 Å². The van der Waals surface area contributed by atoms with Gasteiger partial charge in [0.05, 0.1) is 18.3 Å². The zero-order valence-corrected chi connectivity index (χ0v) is 15.2. The van der Waals surface area contributed by atoms with E-state index in [1.807, 2.05) is 18.8 Å². The predicted molar refractivity (Wildman–Crippen MR) is 98.7 cm³/mol. The Bertz CT molecular complexity index is 525. The van der Waals surface area contributed by atoms with E-state index in [4.69, 9.17) is 4.74 Å². The number of benzene rings is 1. The van der Waals surface area contributed by atoms with Gasteiger partial charge in [-0.3, -0.25) is 4.79 Å². The number of thioether (sulfide) groups is 1. The molecule has 0 bridgehead atoms. The Labute approximate surface area is 147 Å². The van der Waals surface area contributed by atoms with Crippen LogP contribution in [0.2, 0.25) is 0 Å². The van der Waals surface area contributed by atoms with Gasteiger partial charge < -0.3 is 19.9 Å². The molecule has 1 unspecified atom stereocenters. The fraction of sp³-hybridized carbons (Fsp3) is 0.588. The molecule has 7 heteroatoms. The first-order valence-electron chi connectivity index (χ1n) is 8.21. The van der Waals surface area contributed by atoms with Crippen molar-refractivity contribution >= 4 is 29.5 Å². The van der Waals surface area contributed by atoms with Crippen LogP contribution in [-0.2, 0) is 9.53 Å². The molecule has 1 atom stereocenters. The summed E-state index contributed by atoms with van der Waals surface area (Å²) >= 11 is 1.91. The maximum atomic E-state index is 14.6. The minimum Gasteiger partial charge on any atom is -0.378 e. The average Bonchev–Trinajstić information content (AvgIpc) is 2.87. The van der Waals surface area contributed by atoms with Crippen LogP contribution in [-0.4, -0.2) is 64.4 Å². The van der Waals surface area contributed by atoms with Gasteiger partial charge in [0, 0.05) is 38.2 Å². The zero-order valence-electron chi connectivity index (χ0n) is 14.3. The van der Waals surface area contributed by atoms with Crippen LogP contribution in [0.25, 0.3) is 0 Å². The van der Waals surface area contributed by atoms with Crippen LogP contribution in [0.5, 0.6) is 0 Å². The maximum absolute atomic E-state index is 14.6. The van der Waals surface area contributed by atoms with Crippen molar-refractivity contribution < 1.29 is 13.9 Å². The number of anilines is 2. The number of nitrogens with one attached hydrogen (secondary N) is 1. The van der Waals surface area contributed by atoms with Crippen molar-refractivity contribution in [3.8, 4) is 0 Å². The average molecular weight is 355 g/mol. The van der Waals surface area contributed by atoms with Crippen LogP contribution in [0.15, 0.2) is 18.2 Å². The van der Waals surface area contributed by atoms with Crippen molar-refractivity contribution in [2.24, 2.45) is 0 Å². The molecule has 1 aliphatic heterocycles. The molecule has 1 aromatic carbocycles. The van der Waals surface area contributed by atoms with Gasteiger partial charge >= 0.3 is 0 Å². The lowest BCUT2D eigenvalue weighted by Gasteiger charge is -2.26. The topological polar surface area (TPSA) is 44.8 Å². The van der Waals surface area contributed by atoms with E-state index in [0.717, 1.165) is 37.4 Å². The number of methoxy groups -OCH3 is 1. The molecule has 0 aromatic heterocycles. The van der Waals surface area contributed by atoms with Gasteiger partial charge in [-0.05, 0) is 37.4 Å². The van der Waals surface area contributed by atoms with Gasteiger partial charge in [-0.25, -0.2) is 4.39 Å². The lowest BCUT2D eigenvalue weighted by atomic mass is 10.2. The number of carbonyl (C=O) groups is 1. The number of amides is 1. The van der Waals surface area contributed by atoms with Gasteiger partial charge in [0.15, 0.2) is 0 Å². The predicted octanol–water partition coefficient (Wildman–Crippen LogP) is 1.97. The highest BCUT2D eigenvalue weighted by molar-refractivity contribution is 7.99. The number of carbonyl (C=O) groups excluding carboxylic acids is 1. The first-order chi connectivity index (χ1) is 11.7. The third-order valence-electron chi connectivity index (χ3n) is 4.12. The number of ether oxygens (including phenoxy) is 1. The van der Waals surface area contributed by atoms with Gasteiger partial charge in [-0.15, -0.1) is 0 Å². The summed E-state index contributed by atoms with van der Waals surface area (Å²) in [6.07, 6.45) is 1.63. The molecule has 1 aromatic rings. The van der Waals surface area contributed by atoms with E-state index < -0.39 is 0 Å². The van der Waals surface area contributed by atoms with Gasteiger partial charge in [0.1, 0.15) is 5.82 Å². The molecule has 1 amide bonds. The van der Waals surface area contributed by atoms with Crippen molar-refractivity contribution in [1.29, 1.82) is 0 Å². The summed E-state index contributed by atoms with van der Waals surface area (Å²) in [5.41, 5.74) is 1.17. The van der Waals surface area contributed by atoms with Gasteiger partial charge in [0.25, 0.3) is 0 Å². The lowest BCUT2D eigenvalue weighted by molar-refractivity contribution is -0.107. The lowest BCUT2D eigenvalue weighted by Crippen LogP contribution is -2.38. The molecule has 5 nitrogen and oxygen atoms in total. The first-order valence-corrected chi connectivity index (χ1v) is 9.36. The fourth-order valence-electron chi connectivity index (χ4n) is 2.80. The smallest absolute Gasteiger partial charge is 0.214 e. The number of halogens is 1. The molecule has 1 N–H and O–H groups in total. The summed E-state index contributed by atoms with van der Waals surface area (Å²) in [7, 11) is 3.43. The summed E-state index contributed by atoms with van der Waals surface area (Å²) in [4.78, 5) is 15.0. The molecule has 2 rings (SSSR count). The highest BCUT2D eigenvalue weighted by atomic mass is 32.2. The highest BCUT2D eigenvalue weighted by Gasteiger charge is 2.18. The van der Waals surface area contributed by atoms with E-state index in [9.17, 15) is 9.18 Å². The van der Waals surface area contributed by atoms with Crippen LogP contribution in [0.1, 0.15) is 6.42 Å². The van der Waals surface area contributed by atoms with Gasteiger partial charge in [-0.1, -0.05) is 0 Å². The normalized spacial score (nSPS) is 16.5. The molecule has 0 spiro atoms. The fourth-order valence-corrected chi connectivity index (χ4v) is 3.68. The van der Waals surface area contributed by atoms with Crippen LogP contribution in [0, 0.1) is 5.82 Å². The summed E-state index contributed by atoms with van der Waals surface area (Å²) in [6, 6.07) is 5.02. The van der Waals surface area contributed by atoms with Gasteiger partial charge in [-0.2, -0.15) is 11.8 Å². The number of rotatable bonds is 8. The SMILES string of the molecule is CNCC(CN(C=O)c1ccc(N2CCCSCC2)c(F)c1)OC. The molecule has 134 valence electrons. The first kappa shape index (κ1) is 19.0. The van der Waals surface area contributed by atoms with Crippen LogP contribution in [0.3, 0.4) is 0 Å². The molecule has 1 heterocycles. The molecule has 0 aliphatic carbocycles. The summed E-state index contributed by atoms with van der Waals surface area (Å²) in [5, 5.41) is 3.02. The zero-order chi connectivity index (χ0) is 17.4. The Balaban J connectivity index is 2.12. The quantitative estimate of drug-likeness (QED) is 0.723. The summed E-state index contributed by atoms with van der Waals surface area (Å²) in [5.74, 6) is 1.86. The van der Waals surface area contributed by atoms with Crippen LogP contribution < -0.4 is 15.1 Å². The van der Waals surface area contributed by atoms with E-state index in [1.54, 1.807) is 19.2 Å². The minimum absolute atomic E-state index is 0.148. The molecule has 0 radical (unpaired) electrons. The van der Waals surface area contributed by atoms with E-state index in [1.165, 1.54) is 11.0 Å². The van der Waals surface area contributed by atoms with Crippen molar-refractivity contribution in [3.05, 3.63) is 24.0 Å². The van der Waals surface area contributed by atoms with Crippen molar-refractivity contribution in [2.45, 2.75) is 12.5 Å². The van der Waals surface area contributed by atoms with Crippen LogP contribution >= 0.6 is 11.8 Å². The molecule has 1 fully saturated rings. The Morgan fingerprint density at radius 2 is 2.29 bits per heavy atom. The number of likely N-dealkylation sites (N-methyl/N-ethyl adjacent to an activating group) is 1. The molecule has 1 aliphatic rings. The Hall–Kier alpha value is -1.31. The van der Waals surface area contributed by atoms with Crippen molar-refractivity contribution in [3.63, 3.8) is 0 Å². The second-order valence-electron chi connectivity index (χ2n) is 5.76. The largest absolute Gasteiger partial charge is 0.378 e. The number of hydrogen-bond acceptors (Lipinski definition) is 5.